The fourth-order valence-electron chi connectivity index (χ4n) is 2.89. The zero-order chi connectivity index (χ0) is 16.4. The van der Waals surface area contributed by atoms with E-state index in [4.69, 9.17) is 0 Å². The number of carbonyl (C=O) groups is 2. The first-order chi connectivity index (χ1) is 11.1. The van der Waals surface area contributed by atoms with Crippen LogP contribution in [0.3, 0.4) is 0 Å². The normalized spacial score (nSPS) is 16.3. The van der Waals surface area contributed by atoms with E-state index >= 15 is 0 Å². The Morgan fingerprint density at radius 1 is 0.870 bits per heavy atom. The average molecular weight is 311 g/mol. The Labute approximate surface area is 133 Å². The number of rotatable bonds is 5. The molecule has 0 radical (unpaired) electrons. The smallest absolute Gasteiger partial charge is 0.261 e. The lowest BCUT2D eigenvalue weighted by atomic mass is 10.00. The van der Waals surface area contributed by atoms with Gasteiger partial charge in [0.25, 0.3) is 11.8 Å². The van der Waals surface area contributed by atoms with Gasteiger partial charge in [0, 0.05) is 0 Å². The van der Waals surface area contributed by atoms with E-state index in [0.29, 0.717) is 11.1 Å². The molecule has 1 heterocycles. The summed E-state index contributed by atoms with van der Waals surface area (Å²) in [6.07, 6.45) is -0.911. The van der Waals surface area contributed by atoms with Crippen molar-refractivity contribution < 1.29 is 19.8 Å². The van der Waals surface area contributed by atoms with E-state index in [9.17, 15) is 19.8 Å². The summed E-state index contributed by atoms with van der Waals surface area (Å²) in [5.41, 5.74) is 1.54. The van der Waals surface area contributed by atoms with Gasteiger partial charge in [0.15, 0.2) is 0 Å². The number of aliphatic hydroxyl groups is 2. The third kappa shape index (κ3) is 2.76. The van der Waals surface area contributed by atoms with Gasteiger partial charge in [-0.05, 0) is 24.1 Å². The number of hydrogen-bond acceptors (Lipinski definition) is 4. The molecule has 0 aliphatic carbocycles. The Morgan fingerprint density at radius 3 is 1.91 bits per heavy atom. The van der Waals surface area contributed by atoms with Crippen LogP contribution in [0.1, 0.15) is 26.3 Å². The highest BCUT2D eigenvalue weighted by Gasteiger charge is 2.42. The summed E-state index contributed by atoms with van der Waals surface area (Å²) in [5.74, 6) is -0.863. The zero-order valence-electron chi connectivity index (χ0n) is 12.4. The first kappa shape index (κ1) is 15.4. The van der Waals surface area contributed by atoms with Crippen LogP contribution >= 0.6 is 0 Å². The van der Waals surface area contributed by atoms with Crippen LogP contribution in [-0.4, -0.2) is 45.7 Å². The van der Waals surface area contributed by atoms with Gasteiger partial charge in [-0.3, -0.25) is 14.5 Å². The Hall–Kier alpha value is -2.50. The molecule has 2 amide bonds. The van der Waals surface area contributed by atoms with Gasteiger partial charge in [-0.15, -0.1) is 0 Å². The number of aliphatic hydroxyl groups excluding tert-OH is 2. The van der Waals surface area contributed by atoms with Crippen molar-refractivity contribution >= 4 is 11.8 Å². The van der Waals surface area contributed by atoms with E-state index in [-0.39, 0.29) is 6.42 Å². The quantitative estimate of drug-likeness (QED) is 0.815. The molecule has 5 heteroatoms. The van der Waals surface area contributed by atoms with Crippen LogP contribution in [0.15, 0.2) is 54.6 Å². The predicted octanol–water partition coefficient (Wildman–Crippen LogP) is 1.25. The molecule has 2 atom stereocenters. The highest BCUT2D eigenvalue weighted by Crippen LogP contribution is 2.27. The van der Waals surface area contributed by atoms with Gasteiger partial charge in [-0.1, -0.05) is 42.5 Å². The topological polar surface area (TPSA) is 77.8 Å². The molecule has 0 aromatic heterocycles. The van der Waals surface area contributed by atoms with Crippen molar-refractivity contribution in [2.24, 2.45) is 0 Å². The second kappa shape index (κ2) is 6.32. The predicted molar refractivity (Wildman–Crippen MR) is 84.0 cm³/mol. The van der Waals surface area contributed by atoms with Crippen LogP contribution in [-0.2, 0) is 6.42 Å². The molecule has 0 saturated heterocycles. The van der Waals surface area contributed by atoms with Gasteiger partial charge < -0.3 is 10.2 Å². The van der Waals surface area contributed by atoms with Gasteiger partial charge in [-0.2, -0.15) is 0 Å². The molecule has 1 aliphatic rings. The third-order valence-electron chi connectivity index (χ3n) is 4.08. The van der Waals surface area contributed by atoms with E-state index < -0.39 is 30.6 Å². The Kier molecular flexibility index (Phi) is 4.23. The van der Waals surface area contributed by atoms with Gasteiger partial charge in [0.1, 0.15) is 0 Å². The lowest BCUT2D eigenvalue weighted by Gasteiger charge is -2.29. The fourth-order valence-corrected chi connectivity index (χ4v) is 2.89. The first-order valence-electron chi connectivity index (χ1n) is 7.43. The number of benzene rings is 2. The Morgan fingerprint density at radius 2 is 1.39 bits per heavy atom. The summed E-state index contributed by atoms with van der Waals surface area (Å²) in [5, 5.41) is 19.5. The van der Waals surface area contributed by atoms with E-state index in [0.717, 1.165) is 10.5 Å². The van der Waals surface area contributed by atoms with Crippen molar-refractivity contribution in [3.05, 3.63) is 71.3 Å². The second-order valence-electron chi connectivity index (χ2n) is 5.53. The monoisotopic (exact) mass is 311 g/mol. The molecule has 2 N–H and O–H groups in total. The van der Waals surface area contributed by atoms with E-state index in [2.05, 4.69) is 0 Å². The van der Waals surface area contributed by atoms with Gasteiger partial charge in [-0.25, -0.2) is 0 Å². The number of nitrogens with zero attached hydrogens (tertiary/aromatic N) is 1. The average Bonchev–Trinajstić information content (AvgIpc) is 2.85. The Bertz CT molecular complexity index is 694. The number of hydrogen-bond donors (Lipinski definition) is 2. The Balaban J connectivity index is 1.95. The maximum Gasteiger partial charge on any atom is 0.261 e. The second-order valence-corrected chi connectivity index (χ2v) is 5.53. The van der Waals surface area contributed by atoms with Crippen LogP contribution in [0.25, 0.3) is 0 Å². The minimum absolute atomic E-state index is 0.286. The van der Waals surface area contributed by atoms with Crippen molar-refractivity contribution in [3.8, 4) is 0 Å². The van der Waals surface area contributed by atoms with Crippen LogP contribution in [0.4, 0.5) is 0 Å². The molecule has 0 saturated carbocycles. The van der Waals surface area contributed by atoms with Crippen LogP contribution in [0.5, 0.6) is 0 Å². The lowest BCUT2D eigenvalue weighted by Crippen LogP contribution is -2.49. The molecule has 0 unspecified atom stereocenters. The summed E-state index contributed by atoms with van der Waals surface area (Å²) < 4.78 is 0. The summed E-state index contributed by atoms with van der Waals surface area (Å²) in [6.45, 7) is -0.523. The molecular weight excluding hydrogens is 294 g/mol. The van der Waals surface area contributed by atoms with E-state index in [1.165, 1.54) is 0 Å². The fraction of sp³-hybridized carbons (Fsp3) is 0.222. The van der Waals surface area contributed by atoms with E-state index in [1.807, 2.05) is 30.3 Å². The summed E-state index contributed by atoms with van der Waals surface area (Å²) in [4.78, 5) is 26.2. The standard InChI is InChI=1S/C18H17NO4/c20-11-16(21)15(10-12-6-2-1-3-7-12)19-17(22)13-8-4-5-9-14(13)18(19)23/h1-9,15-16,20-21H,10-11H2/t15-,16+/m0/s1. The minimum atomic E-state index is -1.20. The lowest BCUT2D eigenvalue weighted by molar-refractivity contribution is 0.0147. The molecule has 0 spiro atoms. The summed E-state index contributed by atoms with van der Waals surface area (Å²) in [6, 6.07) is 15.0. The van der Waals surface area contributed by atoms with Crippen molar-refractivity contribution in [1.29, 1.82) is 0 Å². The number of fused-ring (bicyclic) bond motifs is 1. The third-order valence-corrected chi connectivity index (χ3v) is 4.08. The molecule has 2 aromatic rings. The van der Waals surface area contributed by atoms with Gasteiger partial charge in [0.05, 0.1) is 29.9 Å². The molecule has 23 heavy (non-hydrogen) atoms. The highest BCUT2D eigenvalue weighted by molar-refractivity contribution is 6.21. The van der Waals surface area contributed by atoms with Crippen LogP contribution < -0.4 is 0 Å². The summed E-state index contributed by atoms with van der Waals surface area (Å²) >= 11 is 0. The molecule has 5 nitrogen and oxygen atoms in total. The summed E-state index contributed by atoms with van der Waals surface area (Å²) in [7, 11) is 0. The number of carbonyl (C=O) groups excluding carboxylic acids is 2. The molecule has 2 aromatic carbocycles. The number of imide groups is 1. The van der Waals surface area contributed by atoms with Crippen molar-refractivity contribution in [2.75, 3.05) is 6.61 Å². The maximum absolute atomic E-state index is 12.6. The minimum Gasteiger partial charge on any atom is -0.394 e. The maximum atomic E-state index is 12.6. The van der Waals surface area contributed by atoms with Crippen molar-refractivity contribution in [2.45, 2.75) is 18.6 Å². The van der Waals surface area contributed by atoms with Crippen LogP contribution in [0, 0.1) is 0 Å². The first-order valence-corrected chi connectivity index (χ1v) is 7.43. The largest absolute Gasteiger partial charge is 0.394 e. The molecular formula is C18H17NO4. The molecule has 0 fully saturated rings. The van der Waals surface area contributed by atoms with Crippen molar-refractivity contribution in [1.82, 2.24) is 4.90 Å². The molecule has 3 rings (SSSR count). The van der Waals surface area contributed by atoms with Crippen molar-refractivity contribution in [3.63, 3.8) is 0 Å². The van der Waals surface area contributed by atoms with Gasteiger partial charge >= 0.3 is 0 Å². The zero-order valence-corrected chi connectivity index (χ0v) is 12.4. The number of amides is 2. The molecule has 1 aliphatic heterocycles. The SMILES string of the molecule is O=C1c2ccccc2C(=O)N1[C@@H](Cc1ccccc1)[C@H](O)CO. The molecule has 118 valence electrons. The molecule has 0 bridgehead atoms. The van der Waals surface area contributed by atoms with Gasteiger partial charge in [0.2, 0.25) is 0 Å². The van der Waals surface area contributed by atoms with E-state index in [1.54, 1.807) is 24.3 Å². The van der Waals surface area contributed by atoms with Crippen LogP contribution in [0.2, 0.25) is 0 Å². The highest BCUT2D eigenvalue weighted by atomic mass is 16.3.